The van der Waals surface area contributed by atoms with Crippen molar-refractivity contribution in [3.8, 4) is 11.5 Å². The van der Waals surface area contributed by atoms with Crippen LogP contribution in [-0.2, 0) is 6.42 Å². The van der Waals surface area contributed by atoms with Crippen LogP contribution in [0.25, 0.3) is 0 Å². The first-order valence-corrected chi connectivity index (χ1v) is 11.4. The molecule has 1 unspecified atom stereocenters. The Hall–Kier alpha value is -1.00. The van der Waals surface area contributed by atoms with Gasteiger partial charge in [0.1, 0.15) is 17.1 Å². The fourth-order valence-corrected chi connectivity index (χ4v) is 3.67. The molecular formula is C19H32O3Si. The van der Waals surface area contributed by atoms with Crippen LogP contribution >= 0.6 is 0 Å². The van der Waals surface area contributed by atoms with Gasteiger partial charge >= 0.3 is 0 Å². The maximum Gasteiger partial charge on any atom is 0.250 e. The van der Waals surface area contributed by atoms with E-state index in [1.54, 1.807) is 0 Å². The predicted molar refractivity (Wildman–Crippen MR) is 98.2 cm³/mol. The van der Waals surface area contributed by atoms with E-state index in [9.17, 15) is 5.11 Å². The zero-order chi connectivity index (χ0) is 17.6. The lowest BCUT2D eigenvalue weighted by Crippen LogP contribution is -2.44. The van der Waals surface area contributed by atoms with Gasteiger partial charge in [0.05, 0.1) is 6.61 Å². The van der Waals surface area contributed by atoms with Gasteiger partial charge < -0.3 is 14.3 Å². The maximum atomic E-state index is 9.59. The molecule has 0 radical (unpaired) electrons. The molecule has 1 aromatic rings. The second-order valence-electron chi connectivity index (χ2n) is 8.69. The van der Waals surface area contributed by atoms with E-state index in [4.69, 9.17) is 9.16 Å². The van der Waals surface area contributed by atoms with Gasteiger partial charge in [-0.05, 0) is 74.5 Å². The lowest BCUT2D eigenvalue weighted by molar-refractivity contribution is 0.00738. The number of benzene rings is 1. The highest BCUT2D eigenvalue weighted by Gasteiger charge is 2.40. The minimum Gasteiger partial charge on any atom is -0.543 e. The van der Waals surface area contributed by atoms with E-state index in [-0.39, 0.29) is 11.6 Å². The largest absolute Gasteiger partial charge is 0.543 e. The third kappa shape index (κ3) is 3.43. The number of hydrogen-bond acceptors (Lipinski definition) is 3. The zero-order valence-corrected chi connectivity index (χ0v) is 17.0. The highest BCUT2D eigenvalue weighted by Crippen LogP contribution is 2.43. The van der Waals surface area contributed by atoms with Crippen molar-refractivity contribution in [2.24, 2.45) is 0 Å². The number of hydrogen-bond donors (Lipinski definition) is 1. The van der Waals surface area contributed by atoms with E-state index >= 15 is 0 Å². The average molecular weight is 337 g/mol. The summed E-state index contributed by atoms with van der Waals surface area (Å²) in [5.41, 5.74) is 3.02. The molecule has 4 heteroatoms. The third-order valence-electron chi connectivity index (χ3n) is 5.65. The second-order valence-corrected chi connectivity index (χ2v) is 13.4. The van der Waals surface area contributed by atoms with E-state index in [1.807, 2.05) is 6.92 Å². The summed E-state index contributed by atoms with van der Waals surface area (Å²) in [6, 6.07) is 2.16. The number of rotatable bonds is 3. The molecule has 1 N–H and O–H groups in total. The van der Waals surface area contributed by atoms with Gasteiger partial charge in [0.15, 0.2) is 0 Å². The molecule has 130 valence electrons. The molecule has 0 amide bonds. The van der Waals surface area contributed by atoms with Gasteiger partial charge in [-0.2, -0.15) is 0 Å². The van der Waals surface area contributed by atoms with Crippen molar-refractivity contribution in [2.45, 2.75) is 78.1 Å². The molecule has 0 aliphatic carbocycles. The summed E-state index contributed by atoms with van der Waals surface area (Å²) in [5, 5.41) is 9.76. The minimum absolute atomic E-state index is 0.0488. The summed E-state index contributed by atoms with van der Waals surface area (Å²) < 4.78 is 12.7. The van der Waals surface area contributed by atoms with Gasteiger partial charge in [-0.25, -0.2) is 0 Å². The summed E-state index contributed by atoms with van der Waals surface area (Å²) in [4.78, 5) is 0. The van der Waals surface area contributed by atoms with E-state index < -0.39 is 13.9 Å². The molecule has 23 heavy (non-hydrogen) atoms. The van der Waals surface area contributed by atoms with Crippen LogP contribution in [0.1, 0.15) is 50.8 Å². The van der Waals surface area contributed by atoms with E-state index in [2.05, 4.69) is 53.8 Å². The van der Waals surface area contributed by atoms with Crippen LogP contribution in [-0.4, -0.2) is 25.6 Å². The van der Waals surface area contributed by atoms with Crippen LogP contribution in [0.3, 0.4) is 0 Å². The third-order valence-corrected chi connectivity index (χ3v) is 9.99. The van der Waals surface area contributed by atoms with Crippen LogP contribution in [0, 0.1) is 13.8 Å². The first-order valence-electron chi connectivity index (χ1n) is 8.52. The van der Waals surface area contributed by atoms with Crippen molar-refractivity contribution < 1.29 is 14.3 Å². The van der Waals surface area contributed by atoms with Crippen molar-refractivity contribution in [1.29, 1.82) is 0 Å². The Balaban J connectivity index is 2.42. The van der Waals surface area contributed by atoms with Gasteiger partial charge in [-0.15, -0.1) is 0 Å². The lowest BCUT2D eigenvalue weighted by Gasteiger charge is -2.39. The van der Waals surface area contributed by atoms with E-state index in [0.29, 0.717) is 0 Å². The topological polar surface area (TPSA) is 38.7 Å². The molecule has 0 spiro atoms. The molecule has 1 aliphatic heterocycles. The van der Waals surface area contributed by atoms with Crippen LogP contribution in [0.15, 0.2) is 6.07 Å². The molecule has 1 atom stereocenters. The molecule has 0 saturated heterocycles. The molecule has 0 fully saturated rings. The summed E-state index contributed by atoms with van der Waals surface area (Å²) in [5.74, 6) is 1.94. The quantitative estimate of drug-likeness (QED) is 0.809. The Bertz CT molecular complexity index is 602. The van der Waals surface area contributed by atoms with Crippen molar-refractivity contribution in [2.75, 3.05) is 6.61 Å². The monoisotopic (exact) mass is 336 g/mol. The molecule has 0 aromatic heterocycles. The first kappa shape index (κ1) is 18.3. The highest BCUT2D eigenvalue weighted by atomic mass is 28.4. The molecular weight excluding hydrogens is 304 g/mol. The van der Waals surface area contributed by atoms with Crippen molar-refractivity contribution in [1.82, 2.24) is 0 Å². The highest BCUT2D eigenvalue weighted by molar-refractivity contribution is 6.74. The van der Waals surface area contributed by atoms with Gasteiger partial charge in [0.2, 0.25) is 8.32 Å². The normalized spacial score (nSPS) is 21.6. The fraction of sp³-hybridized carbons (Fsp3) is 0.684. The summed E-state index contributed by atoms with van der Waals surface area (Å²) in [6.07, 6.45) is 1.75. The Morgan fingerprint density at radius 2 is 1.87 bits per heavy atom. The fourth-order valence-electron chi connectivity index (χ4n) is 2.60. The number of fused-ring (bicyclic) bond motifs is 1. The molecule has 0 saturated carbocycles. The van der Waals surface area contributed by atoms with Crippen molar-refractivity contribution in [3.63, 3.8) is 0 Å². The number of aliphatic hydroxyl groups excluding tert-OH is 1. The minimum atomic E-state index is -1.86. The van der Waals surface area contributed by atoms with Gasteiger partial charge in [0.25, 0.3) is 0 Å². The van der Waals surface area contributed by atoms with Crippen LogP contribution < -0.4 is 9.16 Å². The predicted octanol–water partition coefficient (Wildman–Crippen LogP) is 4.76. The lowest BCUT2D eigenvalue weighted by atomic mass is 9.90. The summed E-state index contributed by atoms with van der Waals surface area (Å²) in [7, 11) is -1.86. The Morgan fingerprint density at radius 3 is 2.39 bits per heavy atom. The zero-order valence-electron chi connectivity index (χ0n) is 16.0. The molecule has 3 nitrogen and oxygen atoms in total. The standard InChI is InChI=1S/C19H32O3Si/c1-13-14(2)17-15(9-10-19(6,12-20)21-17)11-16(13)22-23(7,8)18(3,4)5/h11,20H,9-10,12H2,1-8H3. The second kappa shape index (κ2) is 5.82. The molecule has 1 aromatic carbocycles. The van der Waals surface area contributed by atoms with Crippen molar-refractivity contribution in [3.05, 3.63) is 22.8 Å². The number of ether oxygens (including phenoxy) is 1. The maximum absolute atomic E-state index is 9.59. The average Bonchev–Trinajstić information content (AvgIpc) is 2.44. The van der Waals surface area contributed by atoms with Gasteiger partial charge in [-0.3, -0.25) is 0 Å². The Morgan fingerprint density at radius 1 is 1.26 bits per heavy atom. The smallest absolute Gasteiger partial charge is 0.250 e. The summed E-state index contributed by atoms with van der Waals surface area (Å²) >= 11 is 0. The van der Waals surface area contributed by atoms with Crippen LogP contribution in [0.2, 0.25) is 18.1 Å². The van der Waals surface area contributed by atoms with Gasteiger partial charge in [0, 0.05) is 0 Å². The Kier molecular flexibility index (Phi) is 4.64. The van der Waals surface area contributed by atoms with Crippen LogP contribution in [0.4, 0.5) is 0 Å². The van der Waals surface area contributed by atoms with E-state index in [0.717, 1.165) is 35.5 Å². The van der Waals surface area contributed by atoms with Crippen molar-refractivity contribution >= 4 is 8.32 Å². The van der Waals surface area contributed by atoms with Gasteiger partial charge in [-0.1, -0.05) is 20.8 Å². The van der Waals surface area contributed by atoms with Crippen LogP contribution in [0.5, 0.6) is 11.5 Å². The molecule has 2 rings (SSSR count). The van der Waals surface area contributed by atoms with E-state index in [1.165, 1.54) is 5.56 Å². The first-order chi connectivity index (χ1) is 10.4. The molecule has 1 aliphatic rings. The SMILES string of the molecule is Cc1c(O[Si](C)(C)C(C)(C)C)cc2c(c1C)OC(C)(CO)CC2. The number of aliphatic hydroxyl groups is 1. The number of aryl methyl sites for hydroxylation is 1. The molecule has 1 heterocycles. The Labute approximate surface area is 142 Å². The summed E-state index contributed by atoms with van der Waals surface area (Å²) in [6.45, 7) is 17.6. The molecule has 0 bridgehead atoms.